The first-order chi connectivity index (χ1) is 11.1. The van der Waals surface area contributed by atoms with Gasteiger partial charge < -0.3 is 20.3 Å². The van der Waals surface area contributed by atoms with E-state index in [4.69, 9.17) is 4.74 Å². The van der Waals surface area contributed by atoms with Gasteiger partial charge in [0.25, 0.3) is 0 Å². The SMILES string of the molecule is CC(=O)NCC1(COc2ccc(C(F)(F)F)cn2)C[C@@H](O)[C@@H](O)C1.Cl. The zero-order valence-electron chi connectivity index (χ0n) is 13.4. The third-order valence-electron chi connectivity index (χ3n) is 4.03. The predicted octanol–water partition coefficient (Wildman–Crippen LogP) is 1.54. The van der Waals surface area contributed by atoms with Gasteiger partial charge in [-0.2, -0.15) is 13.2 Å². The second-order valence-electron chi connectivity index (χ2n) is 6.12. The van der Waals surface area contributed by atoms with E-state index in [1.54, 1.807) is 0 Å². The van der Waals surface area contributed by atoms with Gasteiger partial charge in [0.2, 0.25) is 11.8 Å². The molecule has 1 aliphatic rings. The van der Waals surface area contributed by atoms with Crippen molar-refractivity contribution in [3.05, 3.63) is 23.9 Å². The van der Waals surface area contributed by atoms with Crippen LogP contribution in [0.15, 0.2) is 18.3 Å². The summed E-state index contributed by atoms with van der Waals surface area (Å²) < 4.78 is 42.9. The van der Waals surface area contributed by atoms with Crippen LogP contribution in [0.1, 0.15) is 25.3 Å². The smallest absolute Gasteiger partial charge is 0.417 e. The van der Waals surface area contributed by atoms with E-state index in [-0.39, 0.29) is 50.2 Å². The van der Waals surface area contributed by atoms with Crippen molar-refractivity contribution in [1.29, 1.82) is 0 Å². The molecule has 0 aliphatic heterocycles. The Morgan fingerprint density at radius 1 is 1.36 bits per heavy atom. The number of pyridine rings is 1. The number of carbonyl (C=O) groups is 1. The lowest BCUT2D eigenvalue weighted by atomic mass is 9.86. The molecule has 1 aromatic heterocycles. The van der Waals surface area contributed by atoms with Gasteiger partial charge in [0.1, 0.15) is 0 Å². The van der Waals surface area contributed by atoms with Crippen molar-refractivity contribution < 1.29 is 32.9 Å². The van der Waals surface area contributed by atoms with Gasteiger partial charge in [0, 0.05) is 31.1 Å². The topological polar surface area (TPSA) is 91.7 Å². The van der Waals surface area contributed by atoms with E-state index in [0.717, 1.165) is 12.1 Å². The molecule has 0 bridgehead atoms. The Morgan fingerprint density at radius 3 is 2.40 bits per heavy atom. The number of hydrogen-bond donors (Lipinski definition) is 3. The first kappa shape index (κ1) is 21.5. The van der Waals surface area contributed by atoms with Crippen LogP contribution >= 0.6 is 12.4 Å². The molecule has 1 unspecified atom stereocenters. The molecule has 3 N–H and O–H groups in total. The Kier molecular flexibility index (Phi) is 7.04. The van der Waals surface area contributed by atoms with Crippen LogP contribution in [0.4, 0.5) is 13.2 Å². The van der Waals surface area contributed by atoms with E-state index >= 15 is 0 Å². The number of nitrogens with one attached hydrogen (secondary N) is 1. The van der Waals surface area contributed by atoms with Crippen LogP contribution in [0.2, 0.25) is 0 Å². The molecule has 25 heavy (non-hydrogen) atoms. The number of aliphatic hydroxyl groups is 2. The molecule has 1 fully saturated rings. The summed E-state index contributed by atoms with van der Waals surface area (Å²) in [4.78, 5) is 14.7. The molecule has 1 amide bonds. The summed E-state index contributed by atoms with van der Waals surface area (Å²) in [7, 11) is 0. The molecular formula is C15H20ClF3N2O4. The van der Waals surface area contributed by atoms with Gasteiger partial charge in [-0.3, -0.25) is 4.79 Å². The van der Waals surface area contributed by atoms with Crippen molar-refractivity contribution in [2.45, 2.75) is 38.1 Å². The second-order valence-corrected chi connectivity index (χ2v) is 6.12. The molecule has 3 atom stereocenters. The minimum atomic E-state index is -4.47. The molecule has 2 rings (SSSR count). The Bertz CT molecular complexity index is 573. The minimum Gasteiger partial charge on any atom is -0.477 e. The van der Waals surface area contributed by atoms with Gasteiger partial charge in [-0.05, 0) is 18.9 Å². The Labute approximate surface area is 148 Å². The molecule has 1 saturated carbocycles. The van der Waals surface area contributed by atoms with Gasteiger partial charge in [-0.1, -0.05) is 0 Å². The molecule has 1 aliphatic carbocycles. The van der Waals surface area contributed by atoms with E-state index < -0.39 is 29.4 Å². The number of carbonyl (C=O) groups excluding carboxylic acids is 1. The van der Waals surface area contributed by atoms with Crippen LogP contribution in [-0.2, 0) is 11.0 Å². The predicted molar refractivity (Wildman–Crippen MR) is 84.3 cm³/mol. The van der Waals surface area contributed by atoms with Crippen molar-refractivity contribution in [2.75, 3.05) is 13.2 Å². The van der Waals surface area contributed by atoms with E-state index in [0.29, 0.717) is 6.20 Å². The zero-order valence-corrected chi connectivity index (χ0v) is 14.2. The first-order valence-electron chi connectivity index (χ1n) is 7.38. The number of nitrogens with zero attached hydrogens (tertiary/aromatic N) is 1. The number of halogens is 4. The first-order valence-corrected chi connectivity index (χ1v) is 7.38. The fourth-order valence-electron chi connectivity index (χ4n) is 2.73. The standard InChI is InChI=1S/C15H19F3N2O4.ClH/c1-9(21)20-7-14(4-11(22)12(23)5-14)8-24-13-3-2-10(6-19-13)15(16,17)18;/h2-3,6,11-12,22-23H,4-5,7-8H2,1H3,(H,20,21);1H/t11-,12+,14?;. The maximum Gasteiger partial charge on any atom is 0.417 e. The molecular weight excluding hydrogens is 365 g/mol. The van der Waals surface area contributed by atoms with Gasteiger partial charge in [-0.25, -0.2) is 4.98 Å². The zero-order chi connectivity index (χ0) is 18.0. The number of rotatable bonds is 5. The molecule has 0 aromatic carbocycles. The molecule has 1 aromatic rings. The number of alkyl halides is 3. The number of hydrogen-bond acceptors (Lipinski definition) is 5. The number of aliphatic hydroxyl groups excluding tert-OH is 2. The fraction of sp³-hybridized carbons (Fsp3) is 0.600. The normalized spacial score (nSPS) is 26.0. The summed E-state index contributed by atoms with van der Waals surface area (Å²) in [6.45, 7) is 1.52. The molecule has 0 radical (unpaired) electrons. The van der Waals surface area contributed by atoms with E-state index in [9.17, 15) is 28.2 Å². The quantitative estimate of drug-likeness (QED) is 0.716. The average molecular weight is 385 g/mol. The highest BCUT2D eigenvalue weighted by molar-refractivity contribution is 5.85. The van der Waals surface area contributed by atoms with E-state index in [1.165, 1.54) is 6.92 Å². The lowest BCUT2D eigenvalue weighted by molar-refractivity contribution is -0.137. The third-order valence-corrected chi connectivity index (χ3v) is 4.03. The molecule has 0 saturated heterocycles. The van der Waals surface area contributed by atoms with Gasteiger partial charge >= 0.3 is 6.18 Å². The summed E-state index contributed by atoms with van der Waals surface area (Å²) in [5.41, 5.74) is -1.59. The van der Waals surface area contributed by atoms with Crippen molar-refractivity contribution in [1.82, 2.24) is 10.3 Å². The van der Waals surface area contributed by atoms with Crippen LogP contribution in [0.3, 0.4) is 0 Å². The number of aromatic nitrogens is 1. The van der Waals surface area contributed by atoms with Crippen LogP contribution in [0.5, 0.6) is 5.88 Å². The largest absolute Gasteiger partial charge is 0.477 e. The Morgan fingerprint density at radius 2 is 1.96 bits per heavy atom. The third kappa shape index (κ3) is 5.72. The molecule has 10 heteroatoms. The molecule has 1 heterocycles. The Balaban J connectivity index is 0.00000312. The van der Waals surface area contributed by atoms with Crippen LogP contribution < -0.4 is 10.1 Å². The highest BCUT2D eigenvalue weighted by Gasteiger charge is 2.45. The van der Waals surface area contributed by atoms with Crippen molar-refractivity contribution in [2.24, 2.45) is 5.41 Å². The molecule has 6 nitrogen and oxygen atoms in total. The fourth-order valence-corrected chi connectivity index (χ4v) is 2.73. The summed E-state index contributed by atoms with van der Waals surface area (Å²) in [5, 5.41) is 22.1. The minimum absolute atomic E-state index is 0. The van der Waals surface area contributed by atoms with Crippen molar-refractivity contribution >= 4 is 18.3 Å². The average Bonchev–Trinajstić information content (AvgIpc) is 2.78. The van der Waals surface area contributed by atoms with Gasteiger partial charge in [0.05, 0.1) is 24.4 Å². The van der Waals surface area contributed by atoms with Gasteiger partial charge in [-0.15, -0.1) is 12.4 Å². The van der Waals surface area contributed by atoms with E-state index in [2.05, 4.69) is 10.3 Å². The maximum absolute atomic E-state index is 12.5. The summed E-state index contributed by atoms with van der Waals surface area (Å²) in [6, 6.07) is 1.97. The number of ether oxygens (including phenoxy) is 1. The lowest BCUT2D eigenvalue weighted by Crippen LogP contribution is -2.39. The molecule has 0 spiro atoms. The highest BCUT2D eigenvalue weighted by atomic mass is 35.5. The highest BCUT2D eigenvalue weighted by Crippen LogP contribution is 2.38. The monoisotopic (exact) mass is 384 g/mol. The van der Waals surface area contributed by atoms with Crippen LogP contribution in [-0.4, -0.2) is 46.5 Å². The van der Waals surface area contributed by atoms with Crippen LogP contribution in [0, 0.1) is 5.41 Å². The lowest BCUT2D eigenvalue weighted by Gasteiger charge is -2.28. The summed E-state index contributed by atoms with van der Waals surface area (Å²) in [6.07, 6.45) is -5.28. The summed E-state index contributed by atoms with van der Waals surface area (Å²) >= 11 is 0. The van der Waals surface area contributed by atoms with Crippen molar-refractivity contribution in [3.63, 3.8) is 0 Å². The number of amides is 1. The van der Waals surface area contributed by atoms with E-state index in [1.807, 2.05) is 0 Å². The van der Waals surface area contributed by atoms with Gasteiger partial charge in [0.15, 0.2) is 0 Å². The summed E-state index contributed by atoms with van der Waals surface area (Å²) in [5.74, 6) is -0.265. The van der Waals surface area contributed by atoms with Crippen molar-refractivity contribution in [3.8, 4) is 5.88 Å². The Hall–Kier alpha value is -1.58. The second kappa shape index (κ2) is 8.20. The van der Waals surface area contributed by atoms with Crippen LogP contribution in [0.25, 0.3) is 0 Å². The molecule has 142 valence electrons. The maximum atomic E-state index is 12.5.